The van der Waals surface area contributed by atoms with E-state index in [9.17, 15) is 25.5 Å². The van der Waals surface area contributed by atoms with Crippen molar-refractivity contribution in [3.05, 3.63) is 101 Å². The highest BCUT2D eigenvalue weighted by molar-refractivity contribution is 5.51. The summed E-state index contributed by atoms with van der Waals surface area (Å²) >= 11 is 0. The van der Waals surface area contributed by atoms with Gasteiger partial charge in [-0.25, -0.2) is 0 Å². The number of phenols is 5. The fraction of sp³-hybridized carbons (Fsp3) is 0.143. The van der Waals surface area contributed by atoms with Crippen LogP contribution in [0.25, 0.3) is 0 Å². The van der Waals surface area contributed by atoms with Crippen LogP contribution < -0.4 is 4.74 Å². The smallest absolute Gasteiger partial charge is 0.200 e. The maximum absolute atomic E-state index is 10.2. The predicted octanol–water partition coefficient (Wildman–Crippen LogP) is 5.58. The molecular formula is C28H26O6. The van der Waals surface area contributed by atoms with E-state index in [-0.39, 0.29) is 23.0 Å². The molecule has 0 bridgehead atoms. The molecule has 0 spiro atoms. The van der Waals surface area contributed by atoms with Crippen molar-refractivity contribution in [2.45, 2.75) is 25.7 Å². The van der Waals surface area contributed by atoms with Crippen LogP contribution in [0.3, 0.4) is 0 Å². The summed E-state index contributed by atoms with van der Waals surface area (Å²) < 4.78 is 5.90. The molecule has 0 aromatic heterocycles. The van der Waals surface area contributed by atoms with Crippen molar-refractivity contribution in [1.82, 2.24) is 0 Å². The Hall–Kier alpha value is -4.32. The van der Waals surface area contributed by atoms with E-state index >= 15 is 0 Å². The minimum Gasteiger partial charge on any atom is -0.508 e. The van der Waals surface area contributed by atoms with E-state index in [0.717, 1.165) is 29.5 Å². The fourth-order valence-corrected chi connectivity index (χ4v) is 3.74. The van der Waals surface area contributed by atoms with E-state index in [1.165, 1.54) is 12.1 Å². The molecule has 6 nitrogen and oxygen atoms in total. The lowest BCUT2D eigenvalue weighted by molar-refractivity contribution is 0.367. The summed E-state index contributed by atoms with van der Waals surface area (Å²) in [4.78, 5) is 0. The SMILES string of the molecule is Oc1cccc(CCc2ccc(O)c(Oc3ccc(CCc4cc(O)c(O)c(O)c4)cc3)c2)c1. The van der Waals surface area contributed by atoms with Gasteiger partial charge in [-0.1, -0.05) is 30.3 Å². The van der Waals surface area contributed by atoms with Gasteiger partial charge in [-0.3, -0.25) is 0 Å². The van der Waals surface area contributed by atoms with Crippen LogP contribution >= 0.6 is 0 Å². The predicted molar refractivity (Wildman–Crippen MR) is 129 cm³/mol. The highest BCUT2D eigenvalue weighted by atomic mass is 16.5. The van der Waals surface area contributed by atoms with E-state index in [4.69, 9.17) is 4.74 Å². The summed E-state index contributed by atoms with van der Waals surface area (Å²) in [7, 11) is 0. The van der Waals surface area contributed by atoms with Crippen molar-refractivity contribution in [3.8, 4) is 40.2 Å². The Morgan fingerprint density at radius 1 is 0.500 bits per heavy atom. The average Bonchev–Trinajstić information content (AvgIpc) is 2.82. The minimum atomic E-state index is -0.517. The summed E-state index contributed by atoms with van der Waals surface area (Å²) in [5.74, 6) is 0.0507. The van der Waals surface area contributed by atoms with Gasteiger partial charge in [0.05, 0.1) is 0 Å². The topological polar surface area (TPSA) is 110 Å². The van der Waals surface area contributed by atoms with Crippen LogP contribution in [-0.2, 0) is 25.7 Å². The molecule has 0 heterocycles. The summed E-state index contributed by atoms with van der Waals surface area (Å²) in [6.45, 7) is 0. The normalized spacial score (nSPS) is 10.8. The summed E-state index contributed by atoms with van der Waals surface area (Å²) in [5.41, 5.74) is 3.78. The first-order valence-electron chi connectivity index (χ1n) is 11.0. The Labute approximate surface area is 197 Å². The van der Waals surface area contributed by atoms with Gasteiger partial charge in [0.15, 0.2) is 28.7 Å². The van der Waals surface area contributed by atoms with Gasteiger partial charge >= 0.3 is 0 Å². The van der Waals surface area contributed by atoms with Crippen LogP contribution in [0.5, 0.6) is 40.2 Å². The van der Waals surface area contributed by atoms with Crippen molar-refractivity contribution in [1.29, 1.82) is 0 Å². The number of rotatable bonds is 8. The van der Waals surface area contributed by atoms with Crippen molar-refractivity contribution in [2.75, 3.05) is 0 Å². The molecule has 5 N–H and O–H groups in total. The van der Waals surface area contributed by atoms with Gasteiger partial charge < -0.3 is 30.3 Å². The molecule has 0 aliphatic carbocycles. The molecule has 4 aromatic carbocycles. The number of phenolic OH excluding ortho intramolecular Hbond substituents is 5. The first-order chi connectivity index (χ1) is 16.4. The molecule has 4 rings (SSSR count). The Balaban J connectivity index is 1.37. The summed E-state index contributed by atoms with van der Waals surface area (Å²) in [6, 6.07) is 22.8. The van der Waals surface area contributed by atoms with E-state index in [1.54, 1.807) is 18.2 Å². The molecule has 0 atom stereocenters. The number of ether oxygens (including phenoxy) is 1. The standard InChI is InChI=1S/C28H26O6/c29-22-3-1-2-19(14-22)5-6-20-10-13-24(30)27(17-20)34-23-11-8-18(9-12-23)4-7-21-15-25(31)28(33)26(32)16-21/h1-3,8-17,29-33H,4-7H2. The largest absolute Gasteiger partial charge is 0.508 e. The highest BCUT2D eigenvalue weighted by Gasteiger charge is 2.09. The second kappa shape index (κ2) is 10.1. The number of hydrogen-bond acceptors (Lipinski definition) is 6. The maximum atomic E-state index is 10.2. The van der Waals surface area contributed by atoms with Crippen molar-refractivity contribution >= 4 is 0 Å². The van der Waals surface area contributed by atoms with Crippen molar-refractivity contribution in [3.63, 3.8) is 0 Å². The summed E-state index contributed by atoms with van der Waals surface area (Å²) in [5, 5.41) is 48.6. The lowest BCUT2D eigenvalue weighted by atomic mass is 10.0. The van der Waals surface area contributed by atoms with Gasteiger partial charge in [0, 0.05) is 0 Å². The Kier molecular flexibility index (Phi) is 6.78. The monoisotopic (exact) mass is 458 g/mol. The Morgan fingerprint density at radius 3 is 1.76 bits per heavy atom. The van der Waals surface area contributed by atoms with Crippen LogP contribution in [0.15, 0.2) is 78.9 Å². The second-order valence-electron chi connectivity index (χ2n) is 8.20. The number of benzene rings is 4. The van der Waals surface area contributed by atoms with Crippen LogP contribution in [0.4, 0.5) is 0 Å². The zero-order chi connectivity index (χ0) is 24.1. The van der Waals surface area contributed by atoms with Gasteiger partial charge in [0.1, 0.15) is 11.5 Å². The maximum Gasteiger partial charge on any atom is 0.200 e. The Bertz CT molecular complexity index is 1260. The molecule has 0 fully saturated rings. The molecule has 4 aromatic rings. The molecule has 34 heavy (non-hydrogen) atoms. The highest BCUT2D eigenvalue weighted by Crippen LogP contribution is 2.36. The van der Waals surface area contributed by atoms with Crippen LogP contribution in [0.1, 0.15) is 22.3 Å². The second-order valence-corrected chi connectivity index (χ2v) is 8.20. The summed E-state index contributed by atoms with van der Waals surface area (Å²) in [6.07, 6.45) is 2.73. The van der Waals surface area contributed by atoms with Gasteiger partial charge in [0.25, 0.3) is 0 Å². The molecule has 0 aliphatic heterocycles. The van der Waals surface area contributed by atoms with Crippen molar-refractivity contribution in [2.24, 2.45) is 0 Å². The number of hydrogen-bond donors (Lipinski definition) is 5. The first kappa shape index (κ1) is 22.9. The molecular weight excluding hydrogens is 432 g/mol. The zero-order valence-electron chi connectivity index (χ0n) is 18.5. The van der Waals surface area contributed by atoms with Gasteiger partial charge in [-0.05, 0) is 96.5 Å². The first-order valence-corrected chi connectivity index (χ1v) is 11.0. The minimum absolute atomic E-state index is 0.0529. The van der Waals surface area contributed by atoms with Crippen molar-refractivity contribution < 1.29 is 30.3 Å². The molecule has 0 unspecified atom stereocenters. The van der Waals surface area contributed by atoms with Gasteiger partial charge in [-0.2, -0.15) is 0 Å². The zero-order valence-corrected chi connectivity index (χ0v) is 18.5. The lowest BCUT2D eigenvalue weighted by Gasteiger charge is -2.11. The Morgan fingerprint density at radius 2 is 1.09 bits per heavy atom. The molecule has 0 saturated heterocycles. The van der Waals surface area contributed by atoms with E-state index in [0.29, 0.717) is 29.9 Å². The van der Waals surface area contributed by atoms with Crippen LogP contribution in [0, 0.1) is 0 Å². The quantitative estimate of drug-likeness (QED) is 0.221. The van der Waals surface area contributed by atoms with E-state index in [2.05, 4.69) is 0 Å². The van der Waals surface area contributed by atoms with E-state index < -0.39 is 5.75 Å². The van der Waals surface area contributed by atoms with Gasteiger partial charge in [0.2, 0.25) is 0 Å². The fourth-order valence-electron chi connectivity index (χ4n) is 3.74. The average molecular weight is 459 g/mol. The number of aromatic hydroxyl groups is 5. The molecule has 0 aliphatic rings. The molecule has 6 heteroatoms. The third-order valence-corrected chi connectivity index (χ3v) is 5.62. The molecule has 174 valence electrons. The third kappa shape index (κ3) is 5.72. The van der Waals surface area contributed by atoms with Gasteiger partial charge in [-0.15, -0.1) is 0 Å². The number of aryl methyl sites for hydroxylation is 4. The molecule has 0 saturated carbocycles. The van der Waals surface area contributed by atoms with Crippen LogP contribution in [0.2, 0.25) is 0 Å². The third-order valence-electron chi connectivity index (χ3n) is 5.62. The lowest BCUT2D eigenvalue weighted by Crippen LogP contribution is -1.94. The molecule has 0 radical (unpaired) electrons. The van der Waals surface area contributed by atoms with Crippen LogP contribution in [-0.4, -0.2) is 25.5 Å². The molecule has 0 amide bonds. The van der Waals surface area contributed by atoms with E-state index in [1.807, 2.05) is 48.5 Å².